The Morgan fingerprint density at radius 1 is 1.10 bits per heavy atom. The maximum absolute atomic E-state index is 4.62. The number of aryl methyl sites for hydroxylation is 1. The second kappa shape index (κ2) is 6.02. The summed E-state index contributed by atoms with van der Waals surface area (Å²) in [5.74, 6) is 0. The van der Waals surface area contributed by atoms with Crippen LogP contribution >= 0.6 is 0 Å². The van der Waals surface area contributed by atoms with Gasteiger partial charge in [0.05, 0.1) is 5.52 Å². The highest BCUT2D eigenvalue weighted by Crippen LogP contribution is 2.26. The van der Waals surface area contributed by atoms with E-state index in [2.05, 4.69) is 58.6 Å². The van der Waals surface area contributed by atoms with Crippen molar-refractivity contribution in [2.75, 3.05) is 7.05 Å². The average molecular weight is 277 g/mol. The van der Waals surface area contributed by atoms with Crippen LogP contribution in [0.4, 0.5) is 0 Å². The quantitative estimate of drug-likeness (QED) is 0.794. The molecule has 0 amide bonds. The van der Waals surface area contributed by atoms with Crippen molar-refractivity contribution in [2.45, 2.75) is 19.4 Å². The molecule has 0 radical (unpaired) electrons. The first kappa shape index (κ1) is 13.7. The number of pyridine rings is 2. The van der Waals surface area contributed by atoms with E-state index in [9.17, 15) is 0 Å². The standard InChI is InChI=1S/C18H19N3/c1-13-11-16(15-5-3-4-6-17(15)21-13)18(19-2)12-14-7-9-20-10-8-14/h3-11,18-19H,12H2,1-2H3. The summed E-state index contributed by atoms with van der Waals surface area (Å²) < 4.78 is 0. The minimum Gasteiger partial charge on any atom is -0.313 e. The molecule has 0 bridgehead atoms. The molecule has 3 nitrogen and oxygen atoms in total. The third-order valence-electron chi connectivity index (χ3n) is 3.79. The molecule has 2 heterocycles. The molecule has 3 aromatic rings. The first-order chi connectivity index (χ1) is 10.3. The van der Waals surface area contributed by atoms with Crippen molar-refractivity contribution in [1.82, 2.24) is 15.3 Å². The minimum atomic E-state index is 0.263. The maximum atomic E-state index is 4.62. The van der Waals surface area contributed by atoms with Gasteiger partial charge in [-0.2, -0.15) is 0 Å². The van der Waals surface area contributed by atoms with Crippen LogP contribution in [0.3, 0.4) is 0 Å². The third kappa shape index (κ3) is 2.93. The van der Waals surface area contributed by atoms with Crippen molar-refractivity contribution in [3.63, 3.8) is 0 Å². The predicted octanol–water partition coefficient (Wildman–Crippen LogP) is 3.44. The predicted molar refractivity (Wildman–Crippen MR) is 86.2 cm³/mol. The maximum Gasteiger partial charge on any atom is 0.0708 e. The highest BCUT2D eigenvalue weighted by molar-refractivity contribution is 5.82. The summed E-state index contributed by atoms with van der Waals surface area (Å²) in [5, 5.41) is 4.66. The Morgan fingerprint density at radius 3 is 2.62 bits per heavy atom. The van der Waals surface area contributed by atoms with Crippen molar-refractivity contribution >= 4 is 10.9 Å². The Balaban J connectivity index is 2.04. The molecule has 2 aromatic heterocycles. The Labute approximate surface area is 125 Å². The minimum absolute atomic E-state index is 0.263. The number of hydrogen-bond donors (Lipinski definition) is 1. The lowest BCUT2D eigenvalue weighted by atomic mass is 9.96. The monoisotopic (exact) mass is 277 g/mol. The third-order valence-corrected chi connectivity index (χ3v) is 3.79. The van der Waals surface area contributed by atoms with Crippen LogP contribution in [0.15, 0.2) is 54.9 Å². The molecule has 0 aliphatic rings. The first-order valence-corrected chi connectivity index (χ1v) is 7.20. The van der Waals surface area contributed by atoms with Crippen molar-refractivity contribution < 1.29 is 0 Å². The molecule has 1 N–H and O–H groups in total. The van der Waals surface area contributed by atoms with Gasteiger partial charge in [-0.25, -0.2) is 0 Å². The van der Waals surface area contributed by atoms with Crippen LogP contribution in [-0.2, 0) is 6.42 Å². The smallest absolute Gasteiger partial charge is 0.0708 e. The lowest BCUT2D eigenvalue weighted by Crippen LogP contribution is -2.19. The van der Waals surface area contributed by atoms with Gasteiger partial charge in [-0.3, -0.25) is 9.97 Å². The molecule has 1 unspecified atom stereocenters. The fourth-order valence-corrected chi connectivity index (χ4v) is 2.75. The fraction of sp³-hybridized carbons (Fsp3) is 0.222. The summed E-state index contributed by atoms with van der Waals surface area (Å²) in [6, 6.07) is 14.9. The SMILES string of the molecule is CNC(Cc1ccncc1)c1cc(C)nc2ccccc12. The number of hydrogen-bond acceptors (Lipinski definition) is 3. The zero-order valence-electron chi connectivity index (χ0n) is 12.4. The summed E-state index contributed by atoms with van der Waals surface area (Å²) in [5.41, 5.74) is 4.70. The molecular weight excluding hydrogens is 258 g/mol. The molecule has 3 rings (SSSR count). The summed E-state index contributed by atoms with van der Waals surface area (Å²) in [6.07, 6.45) is 4.63. The highest BCUT2D eigenvalue weighted by atomic mass is 14.9. The van der Waals surface area contributed by atoms with Crippen LogP contribution in [0.5, 0.6) is 0 Å². The van der Waals surface area contributed by atoms with Crippen LogP contribution < -0.4 is 5.32 Å². The van der Waals surface area contributed by atoms with Crippen molar-refractivity contribution in [3.05, 3.63) is 71.7 Å². The van der Waals surface area contributed by atoms with Gasteiger partial charge in [0.1, 0.15) is 0 Å². The van der Waals surface area contributed by atoms with E-state index in [1.165, 1.54) is 16.5 Å². The lowest BCUT2D eigenvalue weighted by molar-refractivity contribution is 0.595. The van der Waals surface area contributed by atoms with E-state index in [-0.39, 0.29) is 6.04 Å². The molecule has 0 aliphatic carbocycles. The Bertz CT molecular complexity index is 738. The van der Waals surface area contributed by atoms with Gasteiger partial charge in [0, 0.05) is 29.5 Å². The number of benzene rings is 1. The molecular formula is C18H19N3. The van der Waals surface area contributed by atoms with Crippen molar-refractivity contribution in [1.29, 1.82) is 0 Å². The summed E-state index contributed by atoms with van der Waals surface area (Å²) in [4.78, 5) is 8.71. The molecule has 21 heavy (non-hydrogen) atoms. The molecule has 0 aliphatic heterocycles. The topological polar surface area (TPSA) is 37.8 Å². The summed E-state index contributed by atoms with van der Waals surface area (Å²) in [7, 11) is 2.01. The van der Waals surface area contributed by atoms with Crippen LogP contribution in [0, 0.1) is 6.92 Å². The molecule has 0 saturated carbocycles. The zero-order chi connectivity index (χ0) is 14.7. The number of rotatable bonds is 4. The molecule has 106 valence electrons. The van der Waals surface area contributed by atoms with E-state index >= 15 is 0 Å². The van der Waals surface area contributed by atoms with E-state index in [1.54, 1.807) is 0 Å². The van der Waals surface area contributed by atoms with Crippen LogP contribution in [-0.4, -0.2) is 17.0 Å². The van der Waals surface area contributed by atoms with Gasteiger partial charge < -0.3 is 5.32 Å². The normalized spacial score (nSPS) is 12.5. The van der Waals surface area contributed by atoms with Gasteiger partial charge in [-0.1, -0.05) is 18.2 Å². The summed E-state index contributed by atoms with van der Waals surface area (Å²) >= 11 is 0. The van der Waals surface area contributed by atoms with Gasteiger partial charge in [-0.15, -0.1) is 0 Å². The van der Waals surface area contributed by atoms with E-state index in [4.69, 9.17) is 0 Å². The second-order valence-electron chi connectivity index (χ2n) is 5.27. The molecule has 1 atom stereocenters. The lowest BCUT2D eigenvalue weighted by Gasteiger charge is -2.19. The van der Waals surface area contributed by atoms with E-state index < -0.39 is 0 Å². The van der Waals surface area contributed by atoms with Crippen molar-refractivity contribution in [2.24, 2.45) is 0 Å². The van der Waals surface area contributed by atoms with Gasteiger partial charge >= 0.3 is 0 Å². The molecule has 0 fully saturated rings. The van der Waals surface area contributed by atoms with E-state index in [1.807, 2.05) is 25.5 Å². The number of nitrogens with one attached hydrogen (secondary N) is 1. The van der Waals surface area contributed by atoms with Gasteiger partial charge in [0.2, 0.25) is 0 Å². The summed E-state index contributed by atoms with van der Waals surface area (Å²) in [6.45, 7) is 2.05. The average Bonchev–Trinajstić information content (AvgIpc) is 2.53. The Morgan fingerprint density at radius 2 is 1.86 bits per heavy atom. The number of nitrogens with zero attached hydrogens (tertiary/aromatic N) is 2. The van der Waals surface area contributed by atoms with Gasteiger partial charge in [0.15, 0.2) is 0 Å². The molecule has 0 saturated heterocycles. The molecule has 3 heteroatoms. The Hall–Kier alpha value is -2.26. The number of fused-ring (bicyclic) bond motifs is 1. The van der Waals surface area contributed by atoms with Crippen LogP contribution in [0.2, 0.25) is 0 Å². The number of para-hydroxylation sites is 1. The fourth-order valence-electron chi connectivity index (χ4n) is 2.75. The van der Waals surface area contributed by atoms with Gasteiger partial charge in [-0.05, 0) is 55.8 Å². The van der Waals surface area contributed by atoms with E-state index in [0.717, 1.165) is 17.6 Å². The largest absolute Gasteiger partial charge is 0.313 e. The van der Waals surface area contributed by atoms with Crippen molar-refractivity contribution in [3.8, 4) is 0 Å². The zero-order valence-corrected chi connectivity index (χ0v) is 12.4. The van der Waals surface area contributed by atoms with Crippen LogP contribution in [0.1, 0.15) is 22.9 Å². The first-order valence-electron chi connectivity index (χ1n) is 7.20. The van der Waals surface area contributed by atoms with Gasteiger partial charge in [0.25, 0.3) is 0 Å². The molecule has 1 aromatic carbocycles. The van der Waals surface area contributed by atoms with E-state index in [0.29, 0.717) is 0 Å². The number of likely N-dealkylation sites (N-methyl/N-ethyl adjacent to an activating group) is 1. The van der Waals surface area contributed by atoms with Crippen LogP contribution in [0.25, 0.3) is 10.9 Å². The Kier molecular flexibility index (Phi) is 3.93. The highest BCUT2D eigenvalue weighted by Gasteiger charge is 2.14. The molecule has 0 spiro atoms. The number of aromatic nitrogens is 2. The second-order valence-corrected chi connectivity index (χ2v) is 5.27.